The third-order valence-corrected chi connectivity index (χ3v) is 2.38. The summed E-state index contributed by atoms with van der Waals surface area (Å²) in [7, 11) is 0. The summed E-state index contributed by atoms with van der Waals surface area (Å²) in [5.74, 6) is 0.854. The number of anilines is 3. The number of hydrogen-bond acceptors (Lipinski definition) is 3. The van der Waals surface area contributed by atoms with Crippen molar-refractivity contribution in [1.29, 1.82) is 0 Å². The van der Waals surface area contributed by atoms with E-state index in [1.54, 1.807) is 0 Å². The summed E-state index contributed by atoms with van der Waals surface area (Å²) in [4.78, 5) is 0. The van der Waals surface area contributed by atoms with E-state index in [1.165, 1.54) is 0 Å². The fraction of sp³-hybridized carbons (Fsp3) is 0.143. The minimum atomic E-state index is 0.664. The van der Waals surface area contributed by atoms with E-state index in [1.807, 2.05) is 55.5 Å². The molecule has 88 valence electrons. The highest BCUT2D eigenvalue weighted by Crippen LogP contribution is 2.24. The Morgan fingerprint density at radius 3 is 2.71 bits per heavy atom. The van der Waals surface area contributed by atoms with Crippen LogP contribution in [0.15, 0.2) is 48.5 Å². The van der Waals surface area contributed by atoms with Gasteiger partial charge in [-0.15, -0.1) is 0 Å². The summed E-state index contributed by atoms with van der Waals surface area (Å²) < 4.78 is 5.44. The lowest BCUT2D eigenvalue weighted by Gasteiger charge is -2.10. The minimum absolute atomic E-state index is 0.664. The van der Waals surface area contributed by atoms with Crippen LogP contribution in [0.25, 0.3) is 0 Å². The molecule has 3 N–H and O–H groups in total. The van der Waals surface area contributed by atoms with Crippen molar-refractivity contribution in [3.63, 3.8) is 0 Å². The number of nitrogens with one attached hydrogen (secondary N) is 1. The summed E-state index contributed by atoms with van der Waals surface area (Å²) in [5, 5.41) is 3.27. The number of rotatable bonds is 4. The standard InChI is InChI=1S/C14H16N2O/c1-2-17-12-7-5-6-11(10-12)16-14-9-4-3-8-13(14)15/h3-10,16H,2,15H2,1H3. The molecule has 2 rings (SSSR count). The lowest BCUT2D eigenvalue weighted by molar-refractivity contribution is 0.340. The van der Waals surface area contributed by atoms with Gasteiger partial charge in [0.25, 0.3) is 0 Å². The Labute approximate surface area is 101 Å². The van der Waals surface area contributed by atoms with Crippen LogP contribution in [0.1, 0.15) is 6.92 Å². The van der Waals surface area contributed by atoms with Gasteiger partial charge >= 0.3 is 0 Å². The molecule has 3 nitrogen and oxygen atoms in total. The van der Waals surface area contributed by atoms with Crippen molar-refractivity contribution in [1.82, 2.24) is 0 Å². The SMILES string of the molecule is CCOc1cccc(Nc2ccccc2N)c1. The number of para-hydroxylation sites is 2. The van der Waals surface area contributed by atoms with Crippen LogP contribution in [-0.2, 0) is 0 Å². The highest BCUT2D eigenvalue weighted by Gasteiger charge is 1.99. The molecule has 0 atom stereocenters. The van der Waals surface area contributed by atoms with E-state index < -0.39 is 0 Å². The van der Waals surface area contributed by atoms with Crippen LogP contribution in [0.2, 0.25) is 0 Å². The van der Waals surface area contributed by atoms with Gasteiger partial charge in [0.05, 0.1) is 18.0 Å². The Kier molecular flexibility index (Phi) is 3.50. The molecule has 0 spiro atoms. The number of ether oxygens (including phenoxy) is 1. The average molecular weight is 228 g/mol. The molecule has 0 aliphatic heterocycles. The summed E-state index contributed by atoms with van der Waals surface area (Å²) in [5.41, 5.74) is 8.47. The summed E-state index contributed by atoms with van der Waals surface area (Å²) in [6.45, 7) is 2.63. The normalized spacial score (nSPS) is 9.94. The van der Waals surface area contributed by atoms with Gasteiger partial charge in [-0.3, -0.25) is 0 Å². The fourth-order valence-electron chi connectivity index (χ4n) is 1.60. The number of benzene rings is 2. The van der Waals surface area contributed by atoms with Crippen LogP contribution in [-0.4, -0.2) is 6.61 Å². The molecule has 0 fully saturated rings. The number of nitrogen functional groups attached to an aromatic ring is 1. The van der Waals surface area contributed by atoms with E-state index in [-0.39, 0.29) is 0 Å². The highest BCUT2D eigenvalue weighted by molar-refractivity contribution is 5.72. The van der Waals surface area contributed by atoms with E-state index in [9.17, 15) is 0 Å². The van der Waals surface area contributed by atoms with Crippen LogP contribution >= 0.6 is 0 Å². The summed E-state index contributed by atoms with van der Waals surface area (Å²) in [6, 6.07) is 15.5. The maximum atomic E-state index is 5.87. The average Bonchev–Trinajstić information content (AvgIpc) is 2.33. The smallest absolute Gasteiger partial charge is 0.121 e. The predicted octanol–water partition coefficient (Wildman–Crippen LogP) is 3.41. The van der Waals surface area contributed by atoms with Gasteiger partial charge in [0.15, 0.2) is 0 Å². The molecule has 0 amide bonds. The van der Waals surface area contributed by atoms with Gasteiger partial charge in [-0.2, -0.15) is 0 Å². The minimum Gasteiger partial charge on any atom is -0.494 e. The first-order valence-electron chi connectivity index (χ1n) is 5.64. The van der Waals surface area contributed by atoms with Gasteiger partial charge < -0.3 is 15.8 Å². The first-order valence-corrected chi connectivity index (χ1v) is 5.64. The first-order chi connectivity index (χ1) is 8.29. The molecule has 2 aromatic rings. The topological polar surface area (TPSA) is 47.3 Å². The second-order valence-electron chi connectivity index (χ2n) is 3.67. The number of nitrogens with two attached hydrogens (primary N) is 1. The van der Waals surface area contributed by atoms with Crippen LogP contribution < -0.4 is 15.8 Å². The third-order valence-electron chi connectivity index (χ3n) is 2.38. The van der Waals surface area contributed by atoms with Crippen molar-refractivity contribution in [3.05, 3.63) is 48.5 Å². The van der Waals surface area contributed by atoms with Gasteiger partial charge in [0.2, 0.25) is 0 Å². The van der Waals surface area contributed by atoms with E-state index >= 15 is 0 Å². The zero-order valence-electron chi connectivity index (χ0n) is 9.81. The molecule has 0 bridgehead atoms. The van der Waals surface area contributed by atoms with Crippen molar-refractivity contribution in [3.8, 4) is 5.75 Å². The number of hydrogen-bond donors (Lipinski definition) is 2. The second-order valence-corrected chi connectivity index (χ2v) is 3.67. The first kappa shape index (κ1) is 11.3. The van der Waals surface area contributed by atoms with Gasteiger partial charge in [-0.25, -0.2) is 0 Å². The van der Waals surface area contributed by atoms with Crippen molar-refractivity contribution in [2.24, 2.45) is 0 Å². The lowest BCUT2D eigenvalue weighted by Crippen LogP contribution is -1.97. The van der Waals surface area contributed by atoms with E-state index in [0.717, 1.165) is 22.8 Å². The van der Waals surface area contributed by atoms with E-state index in [0.29, 0.717) is 6.61 Å². The molecule has 3 heteroatoms. The third kappa shape index (κ3) is 2.91. The Hall–Kier alpha value is -2.16. The Morgan fingerprint density at radius 2 is 1.94 bits per heavy atom. The van der Waals surface area contributed by atoms with E-state index in [4.69, 9.17) is 10.5 Å². The monoisotopic (exact) mass is 228 g/mol. The molecule has 0 radical (unpaired) electrons. The van der Waals surface area contributed by atoms with Gasteiger partial charge in [-0.05, 0) is 31.2 Å². The zero-order chi connectivity index (χ0) is 12.1. The Balaban J connectivity index is 2.18. The second kappa shape index (κ2) is 5.25. The maximum absolute atomic E-state index is 5.87. The molecule has 0 heterocycles. The molecule has 0 aliphatic rings. The Morgan fingerprint density at radius 1 is 1.12 bits per heavy atom. The van der Waals surface area contributed by atoms with Crippen molar-refractivity contribution >= 4 is 17.1 Å². The van der Waals surface area contributed by atoms with E-state index in [2.05, 4.69) is 5.32 Å². The Bertz CT molecular complexity index is 497. The highest BCUT2D eigenvalue weighted by atomic mass is 16.5. The quantitative estimate of drug-likeness (QED) is 0.788. The van der Waals surface area contributed by atoms with Crippen LogP contribution in [0.3, 0.4) is 0 Å². The molecule has 0 unspecified atom stereocenters. The summed E-state index contributed by atoms with van der Waals surface area (Å²) >= 11 is 0. The van der Waals surface area contributed by atoms with Crippen molar-refractivity contribution in [2.75, 3.05) is 17.7 Å². The fourth-order valence-corrected chi connectivity index (χ4v) is 1.60. The van der Waals surface area contributed by atoms with Crippen LogP contribution in [0.5, 0.6) is 5.75 Å². The van der Waals surface area contributed by atoms with Crippen LogP contribution in [0.4, 0.5) is 17.1 Å². The summed E-state index contributed by atoms with van der Waals surface area (Å²) in [6.07, 6.45) is 0. The van der Waals surface area contributed by atoms with Crippen molar-refractivity contribution in [2.45, 2.75) is 6.92 Å². The lowest BCUT2D eigenvalue weighted by atomic mass is 10.2. The molecule has 0 saturated carbocycles. The molecule has 0 aromatic heterocycles. The van der Waals surface area contributed by atoms with Crippen LogP contribution in [0, 0.1) is 0 Å². The van der Waals surface area contributed by atoms with Gasteiger partial charge in [-0.1, -0.05) is 18.2 Å². The molecular formula is C14H16N2O. The molecular weight excluding hydrogens is 212 g/mol. The van der Waals surface area contributed by atoms with Gasteiger partial charge in [0.1, 0.15) is 5.75 Å². The largest absolute Gasteiger partial charge is 0.494 e. The molecule has 2 aromatic carbocycles. The van der Waals surface area contributed by atoms with Gasteiger partial charge in [0, 0.05) is 11.8 Å². The predicted molar refractivity (Wildman–Crippen MR) is 71.7 cm³/mol. The molecule has 0 saturated heterocycles. The molecule has 17 heavy (non-hydrogen) atoms. The molecule has 0 aliphatic carbocycles. The van der Waals surface area contributed by atoms with Crippen molar-refractivity contribution < 1.29 is 4.74 Å². The maximum Gasteiger partial charge on any atom is 0.121 e. The zero-order valence-corrected chi connectivity index (χ0v) is 9.81.